The lowest BCUT2D eigenvalue weighted by Crippen LogP contribution is -2.09. The van der Waals surface area contributed by atoms with Crippen LogP contribution in [0.15, 0.2) is 77.3 Å². The molecule has 6 rings (SSSR count). The third-order valence-corrected chi connectivity index (χ3v) is 6.75. The Morgan fingerprint density at radius 3 is 2.54 bits per heavy atom. The van der Waals surface area contributed by atoms with Crippen molar-refractivity contribution in [3.05, 3.63) is 89.8 Å². The molecule has 7 heteroatoms. The summed E-state index contributed by atoms with van der Waals surface area (Å²) in [7, 11) is 3.17. The minimum atomic E-state index is -0.515. The van der Waals surface area contributed by atoms with E-state index < -0.39 is 5.97 Å². The summed E-state index contributed by atoms with van der Waals surface area (Å²) in [6.45, 7) is 0. The van der Waals surface area contributed by atoms with Crippen molar-refractivity contribution in [1.82, 2.24) is 9.78 Å². The molecule has 0 saturated carbocycles. The van der Waals surface area contributed by atoms with Gasteiger partial charge in [-0.1, -0.05) is 18.2 Å². The topological polar surface area (TPSA) is 75.7 Å². The first kappa shape index (κ1) is 22.9. The Morgan fingerprint density at radius 2 is 1.73 bits per heavy atom. The minimum absolute atomic E-state index is 0.310. The van der Waals surface area contributed by atoms with Crippen LogP contribution in [0.4, 0.5) is 0 Å². The van der Waals surface area contributed by atoms with Crippen LogP contribution in [-0.2, 0) is 12.8 Å². The van der Waals surface area contributed by atoms with Crippen LogP contribution < -0.4 is 14.2 Å². The fourth-order valence-corrected chi connectivity index (χ4v) is 4.90. The first-order chi connectivity index (χ1) is 18.1. The van der Waals surface area contributed by atoms with Gasteiger partial charge in [0, 0.05) is 29.1 Å². The van der Waals surface area contributed by atoms with Crippen LogP contribution in [0.5, 0.6) is 17.2 Å². The molecule has 1 aliphatic carbocycles. The number of esters is 1. The van der Waals surface area contributed by atoms with Crippen LogP contribution in [0.1, 0.15) is 34.5 Å². The van der Waals surface area contributed by atoms with Gasteiger partial charge in [0.15, 0.2) is 0 Å². The van der Waals surface area contributed by atoms with E-state index in [1.165, 1.54) is 5.56 Å². The van der Waals surface area contributed by atoms with Gasteiger partial charge in [-0.25, -0.2) is 9.48 Å². The molecule has 0 aliphatic heterocycles. The Hall–Kier alpha value is -4.52. The van der Waals surface area contributed by atoms with Gasteiger partial charge in [0.2, 0.25) is 0 Å². The summed E-state index contributed by atoms with van der Waals surface area (Å²) in [5, 5.41) is 5.77. The number of ether oxygens (including phenoxy) is 3. The number of methoxy groups -OCH3 is 2. The number of hydrogen-bond acceptors (Lipinski definition) is 6. The highest BCUT2D eigenvalue weighted by molar-refractivity contribution is 5.98. The van der Waals surface area contributed by atoms with Crippen LogP contribution in [0.25, 0.3) is 27.9 Å². The van der Waals surface area contributed by atoms with E-state index in [4.69, 9.17) is 23.7 Å². The molecule has 0 N–H and O–H groups in total. The first-order valence-electron chi connectivity index (χ1n) is 12.3. The molecule has 0 spiro atoms. The number of para-hydroxylation sites is 1. The number of aromatic nitrogens is 2. The quantitative estimate of drug-likeness (QED) is 0.201. The number of hydrogen-bond donors (Lipinski definition) is 0. The molecule has 37 heavy (non-hydrogen) atoms. The Morgan fingerprint density at radius 1 is 0.919 bits per heavy atom. The number of furan rings is 1. The van der Waals surface area contributed by atoms with Gasteiger partial charge in [0.1, 0.15) is 39.8 Å². The van der Waals surface area contributed by atoms with Crippen molar-refractivity contribution in [3.8, 4) is 34.2 Å². The number of nitrogens with zero attached hydrogens (tertiary/aromatic N) is 2. The molecule has 1 aliphatic rings. The number of carbonyl (C=O) groups is 1. The van der Waals surface area contributed by atoms with Crippen molar-refractivity contribution in [3.63, 3.8) is 0 Å². The Bertz CT molecular complexity index is 1600. The van der Waals surface area contributed by atoms with Crippen molar-refractivity contribution in [2.45, 2.75) is 25.7 Å². The van der Waals surface area contributed by atoms with Crippen LogP contribution in [-0.4, -0.2) is 30.0 Å². The van der Waals surface area contributed by atoms with E-state index in [0.717, 1.165) is 48.1 Å². The number of rotatable bonds is 6. The van der Waals surface area contributed by atoms with Crippen molar-refractivity contribution < 1.29 is 23.4 Å². The van der Waals surface area contributed by atoms with E-state index in [9.17, 15) is 4.79 Å². The molecular weight excluding hydrogens is 468 g/mol. The maximum Gasteiger partial charge on any atom is 0.347 e. The van der Waals surface area contributed by atoms with E-state index in [2.05, 4.69) is 0 Å². The van der Waals surface area contributed by atoms with Crippen LogP contribution in [0, 0.1) is 0 Å². The van der Waals surface area contributed by atoms with Gasteiger partial charge < -0.3 is 18.6 Å². The molecule has 0 amide bonds. The summed E-state index contributed by atoms with van der Waals surface area (Å²) in [5.41, 5.74) is 4.23. The fourth-order valence-electron chi connectivity index (χ4n) is 4.90. The van der Waals surface area contributed by atoms with E-state index in [1.54, 1.807) is 49.4 Å². The number of aryl methyl sites for hydroxylation is 2. The van der Waals surface area contributed by atoms with Gasteiger partial charge in [-0.3, -0.25) is 0 Å². The predicted molar refractivity (Wildman–Crippen MR) is 140 cm³/mol. The number of benzene rings is 3. The van der Waals surface area contributed by atoms with Crippen LogP contribution >= 0.6 is 0 Å². The molecule has 0 atom stereocenters. The van der Waals surface area contributed by atoms with E-state index >= 15 is 0 Å². The lowest BCUT2D eigenvalue weighted by atomic mass is 9.96. The largest absolute Gasteiger partial charge is 0.497 e. The first-order valence-corrected chi connectivity index (χ1v) is 12.3. The monoisotopic (exact) mass is 494 g/mol. The molecule has 186 valence electrons. The SMILES string of the molecule is COc1ccc(OC)c(-c2nn(-c3ccccc3)cc2C(=O)Oc2ccc3oc4c(c3c2)CCCC4)c1. The maximum absolute atomic E-state index is 13.6. The molecule has 2 aromatic heterocycles. The highest BCUT2D eigenvalue weighted by Crippen LogP contribution is 2.37. The second kappa shape index (κ2) is 9.50. The Labute approximate surface area is 214 Å². The zero-order valence-corrected chi connectivity index (χ0v) is 20.7. The summed E-state index contributed by atoms with van der Waals surface area (Å²) in [4.78, 5) is 13.6. The molecule has 3 aromatic carbocycles. The normalized spacial score (nSPS) is 12.8. The standard InChI is InChI=1S/C30H26N2O5/c1-34-20-12-14-26(35-2)24(16-20)29-25(18-32(31-29)19-8-4-3-5-9-19)30(33)36-21-13-15-28-23(17-21)22-10-6-7-11-27(22)37-28/h3-5,8-9,12-18H,6-7,10-11H2,1-2H3. The lowest BCUT2D eigenvalue weighted by molar-refractivity contribution is 0.0735. The molecule has 5 aromatic rings. The summed E-state index contributed by atoms with van der Waals surface area (Å²) >= 11 is 0. The fraction of sp³-hybridized carbons (Fsp3) is 0.200. The van der Waals surface area contributed by atoms with Crippen molar-refractivity contribution in [2.75, 3.05) is 14.2 Å². The second-order valence-corrected chi connectivity index (χ2v) is 9.00. The molecule has 7 nitrogen and oxygen atoms in total. The average Bonchev–Trinajstić information content (AvgIpc) is 3.55. The molecule has 0 unspecified atom stereocenters. The summed E-state index contributed by atoms with van der Waals surface area (Å²) in [6.07, 6.45) is 5.88. The molecule has 0 radical (unpaired) electrons. The summed E-state index contributed by atoms with van der Waals surface area (Å²) in [6, 6.07) is 20.5. The van der Waals surface area contributed by atoms with Crippen molar-refractivity contribution in [1.29, 1.82) is 0 Å². The molecule has 0 bridgehead atoms. The predicted octanol–water partition coefficient (Wildman–Crippen LogP) is 6.40. The molecular formula is C30H26N2O5. The maximum atomic E-state index is 13.6. The zero-order chi connectivity index (χ0) is 25.4. The molecule has 0 saturated heterocycles. The van der Waals surface area contributed by atoms with Gasteiger partial charge >= 0.3 is 5.97 Å². The zero-order valence-electron chi connectivity index (χ0n) is 20.7. The van der Waals surface area contributed by atoms with Crippen molar-refractivity contribution >= 4 is 16.9 Å². The third kappa shape index (κ3) is 4.22. The number of fused-ring (bicyclic) bond motifs is 3. The van der Waals surface area contributed by atoms with Gasteiger partial charge in [0.25, 0.3) is 0 Å². The van der Waals surface area contributed by atoms with Crippen LogP contribution in [0.2, 0.25) is 0 Å². The van der Waals surface area contributed by atoms with Crippen LogP contribution in [0.3, 0.4) is 0 Å². The van der Waals surface area contributed by atoms with Gasteiger partial charge in [-0.2, -0.15) is 5.10 Å². The molecule has 0 fully saturated rings. The lowest BCUT2D eigenvalue weighted by Gasteiger charge is -2.10. The minimum Gasteiger partial charge on any atom is -0.497 e. The Kier molecular flexibility index (Phi) is 5.88. The summed E-state index contributed by atoms with van der Waals surface area (Å²) in [5.74, 6) is 2.18. The average molecular weight is 495 g/mol. The van der Waals surface area contributed by atoms with Gasteiger partial charge in [-0.15, -0.1) is 0 Å². The number of carbonyl (C=O) groups excluding carboxylic acids is 1. The molecule has 2 heterocycles. The highest BCUT2D eigenvalue weighted by Gasteiger charge is 2.24. The van der Waals surface area contributed by atoms with Crippen molar-refractivity contribution in [2.24, 2.45) is 0 Å². The van der Waals surface area contributed by atoms with Gasteiger partial charge in [0.05, 0.1) is 19.9 Å². The smallest absolute Gasteiger partial charge is 0.347 e. The van der Waals surface area contributed by atoms with E-state index in [-0.39, 0.29) is 0 Å². The highest BCUT2D eigenvalue weighted by atomic mass is 16.5. The van der Waals surface area contributed by atoms with E-state index in [1.807, 2.05) is 42.5 Å². The van der Waals surface area contributed by atoms with E-state index in [0.29, 0.717) is 34.1 Å². The summed E-state index contributed by atoms with van der Waals surface area (Å²) < 4.78 is 24.6. The third-order valence-electron chi connectivity index (χ3n) is 6.75. The second-order valence-electron chi connectivity index (χ2n) is 9.00. The Balaban J connectivity index is 1.42. The van der Waals surface area contributed by atoms with Gasteiger partial charge in [-0.05, 0) is 67.8 Å².